The lowest BCUT2D eigenvalue weighted by Gasteiger charge is -1.91. The zero-order chi connectivity index (χ0) is 13.7. The van der Waals surface area contributed by atoms with Crippen molar-refractivity contribution in [3.63, 3.8) is 0 Å². The molecule has 0 atom stereocenters. The highest BCUT2D eigenvalue weighted by Gasteiger charge is 2.04. The predicted molar refractivity (Wildman–Crippen MR) is 69.8 cm³/mol. The van der Waals surface area contributed by atoms with E-state index in [1.54, 1.807) is 24.4 Å². The molecule has 0 saturated heterocycles. The lowest BCUT2D eigenvalue weighted by atomic mass is 10.2. The Morgan fingerprint density at radius 3 is 2.53 bits per heavy atom. The molecule has 0 spiro atoms. The molecule has 5 nitrogen and oxygen atoms in total. The molecule has 0 unspecified atom stereocenters. The third kappa shape index (κ3) is 2.34. The maximum absolute atomic E-state index is 8.87. The topological polar surface area (TPSA) is 99.5 Å². The number of aliphatic imine (C=N–C) groups is 1. The largest absolute Gasteiger partial charge is 0.361 e. The van der Waals surface area contributed by atoms with Crippen LogP contribution in [0.1, 0.15) is 5.56 Å². The van der Waals surface area contributed by atoms with E-state index in [2.05, 4.69) is 9.98 Å². The maximum atomic E-state index is 8.87. The first kappa shape index (κ1) is 12.1. The van der Waals surface area contributed by atoms with Gasteiger partial charge in [-0.15, -0.1) is 0 Å². The molecule has 0 aliphatic carbocycles. The number of nitrogens with zero attached hydrogens (tertiary/aromatic N) is 4. The van der Waals surface area contributed by atoms with Gasteiger partial charge in [0.25, 0.3) is 0 Å². The van der Waals surface area contributed by atoms with Crippen LogP contribution in [0.3, 0.4) is 0 Å². The van der Waals surface area contributed by atoms with Gasteiger partial charge in [-0.3, -0.25) is 0 Å². The molecule has 5 heteroatoms. The Morgan fingerprint density at radius 2 is 1.84 bits per heavy atom. The number of nitriles is 3. The third-order valence-corrected chi connectivity index (χ3v) is 2.52. The molecule has 0 bridgehead atoms. The molecule has 0 saturated carbocycles. The highest BCUT2D eigenvalue weighted by atomic mass is 14.7. The van der Waals surface area contributed by atoms with Gasteiger partial charge in [-0.25, -0.2) is 4.99 Å². The molecule has 0 radical (unpaired) electrons. The monoisotopic (exact) mass is 245 g/mol. The van der Waals surface area contributed by atoms with Gasteiger partial charge in [0.2, 0.25) is 0 Å². The summed E-state index contributed by atoms with van der Waals surface area (Å²) in [7, 11) is 0. The van der Waals surface area contributed by atoms with Crippen LogP contribution in [0.15, 0.2) is 46.7 Å². The molecule has 0 fully saturated rings. The fourth-order valence-electron chi connectivity index (χ4n) is 1.62. The Kier molecular flexibility index (Phi) is 3.39. The number of H-pyrrole nitrogens is 1. The first-order valence-electron chi connectivity index (χ1n) is 5.35. The highest BCUT2D eigenvalue weighted by Crippen LogP contribution is 2.16. The van der Waals surface area contributed by atoms with Crippen molar-refractivity contribution in [1.82, 2.24) is 4.98 Å². The number of benzene rings is 1. The van der Waals surface area contributed by atoms with E-state index in [0.29, 0.717) is 0 Å². The summed E-state index contributed by atoms with van der Waals surface area (Å²) >= 11 is 0. The molecule has 2 aromatic rings. The number of fused-ring (bicyclic) bond motifs is 1. The standard InChI is InChI=1S/C14H7N5/c15-5-10(6-16)14(7-17)19-9-11-8-18-13-4-2-1-3-12(11)13/h1-4,8-9,18H. The Balaban J connectivity index is 2.45. The van der Waals surface area contributed by atoms with Gasteiger partial charge in [-0.05, 0) is 6.07 Å². The zero-order valence-corrected chi connectivity index (χ0v) is 9.75. The molecule has 1 heterocycles. The van der Waals surface area contributed by atoms with E-state index in [4.69, 9.17) is 15.8 Å². The summed E-state index contributed by atoms with van der Waals surface area (Å²) in [6.45, 7) is 0. The number of aromatic nitrogens is 1. The Morgan fingerprint density at radius 1 is 1.11 bits per heavy atom. The summed E-state index contributed by atoms with van der Waals surface area (Å²) < 4.78 is 0. The van der Waals surface area contributed by atoms with Crippen molar-refractivity contribution in [2.75, 3.05) is 0 Å². The molecule has 0 amide bonds. The highest BCUT2D eigenvalue weighted by molar-refractivity contribution is 5.99. The molecular formula is C14H7N5. The van der Waals surface area contributed by atoms with E-state index in [1.807, 2.05) is 24.3 Å². The number of hydrogen-bond acceptors (Lipinski definition) is 4. The average molecular weight is 245 g/mol. The van der Waals surface area contributed by atoms with Gasteiger partial charge in [0.15, 0.2) is 11.3 Å². The van der Waals surface area contributed by atoms with Crippen molar-refractivity contribution in [2.24, 2.45) is 4.99 Å². The van der Waals surface area contributed by atoms with Crippen LogP contribution >= 0.6 is 0 Å². The Hall–Kier alpha value is -3.36. The van der Waals surface area contributed by atoms with Crippen LogP contribution in [-0.4, -0.2) is 11.2 Å². The Labute approximate surface area is 109 Å². The van der Waals surface area contributed by atoms with Gasteiger partial charge >= 0.3 is 0 Å². The Bertz CT molecular complexity index is 787. The maximum Gasteiger partial charge on any atom is 0.168 e. The molecule has 1 aromatic carbocycles. The molecule has 88 valence electrons. The van der Waals surface area contributed by atoms with Crippen molar-refractivity contribution >= 4 is 17.1 Å². The molecule has 2 rings (SSSR count). The molecule has 0 aliphatic heterocycles. The minimum atomic E-state index is -0.293. The quantitative estimate of drug-likeness (QED) is 0.649. The number of hydrogen-bond donors (Lipinski definition) is 1. The lowest BCUT2D eigenvalue weighted by molar-refractivity contribution is 1.34. The van der Waals surface area contributed by atoms with Crippen molar-refractivity contribution in [2.45, 2.75) is 0 Å². The summed E-state index contributed by atoms with van der Waals surface area (Å²) in [5, 5.41) is 27.2. The predicted octanol–water partition coefficient (Wildman–Crippen LogP) is 2.41. The summed E-state index contributed by atoms with van der Waals surface area (Å²) in [4.78, 5) is 6.97. The van der Waals surface area contributed by atoms with Gasteiger partial charge in [0.05, 0.1) is 0 Å². The first-order chi connectivity index (χ1) is 9.30. The van der Waals surface area contributed by atoms with Crippen LogP contribution < -0.4 is 0 Å². The van der Waals surface area contributed by atoms with Crippen LogP contribution in [-0.2, 0) is 0 Å². The van der Waals surface area contributed by atoms with Gasteiger partial charge in [-0.2, -0.15) is 15.8 Å². The molecule has 1 aromatic heterocycles. The molecular weight excluding hydrogens is 238 g/mol. The normalized spacial score (nSPS) is 9.74. The molecule has 0 aliphatic rings. The third-order valence-electron chi connectivity index (χ3n) is 2.52. The fraction of sp³-hybridized carbons (Fsp3) is 0. The number of allylic oxidation sites excluding steroid dienone is 2. The SMILES string of the molecule is N#CC(C#N)=C(C#N)N=Cc1c[nH]c2ccccc12. The lowest BCUT2D eigenvalue weighted by Crippen LogP contribution is -1.84. The second-order valence-corrected chi connectivity index (χ2v) is 3.61. The summed E-state index contributed by atoms with van der Waals surface area (Å²) in [5.74, 6) is 0. The minimum Gasteiger partial charge on any atom is -0.361 e. The van der Waals surface area contributed by atoms with E-state index in [-0.39, 0.29) is 11.3 Å². The minimum absolute atomic E-state index is 0.185. The molecule has 19 heavy (non-hydrogen) atoms. The van der Waals surface area contributed by atoms with Gasteiger partial charge in [0, 0.05) is 28.9 Å². The van der Waals surface area contributed by atoms with E-state index < -0.39 is 0 Å². The van der Waals surface area contributed by atoms with E-state index >= 15 is 0 Å². The van der Waals surface area contributed by atoms with Crippen LogP contribution in [0.4, 0.5) is 0 Å². The van der Waals surface area contributed by atoms with Crippen molar-refractivity contribution in [1.29, 1.82) is 15.8 Å². The summed E-state index contributed by atoms with van der Waals surface area (Å²) in [5.41, 5.74) is 1.26. The number of nitrogens with one attached hydrogen (secondary N) is 1. The van der Waals surface area contributed by atoms with Crippen molar-refractivity contribution < 1.29 is 0 Å². The van der Waals surface area contributed by atoms with Crippen LogP contribution in [0.2, 0.25) is 0 Å². The zero-order valence-electron chi connectivity index (χ0n) is 9.75. The second-order valence-electron chi connectivity index (χ2n) is 3.61. The smallest absolute Gasteiger partial charge is 0.168 e. The number of aromatic amines is 1. The van der Waals surface area contributed by atoms with Crippen LogP contribution in [0, 0.1) is 34.0 Å². The number of para-hydroxylation sites is 1. The fourth-order valence-corrected chi connectivity index (χ4v) is 1.62. The summed E-state index contributed by atoms with van der Waals surface area (Å²) in [6, 6.07) is 12.7. The summed E-state index contributed by atoms with van der Waals surface area (Å²) in [6.07, 6.45) is 3.22. The van der Waals surface area contributed by atoms with Crippen molar-refractivity contribution in [3.8, 4) is 18.2 Å². The van der Waals surface area contributed by atoms with Crippen LogP contribution in [0.25, 0.3) is 10.9 Å². The van der Waals surface area contributed by atoms with Gasteiger partial charge < -0.3 is 4.98 Å². The van der Waals surface area contributed by atoms with Crippen LogP contribution in [0.5, 0.6) is 0 Å². The van der Waals surface area contributed by atoms with Crippen molar-refractivity contribution in [3.05, 3.63) is 47.3 Å². The first-order valence-corrected chi connectivity index (χ1v) is 5.35. The number of rotatable bonds is 2. The van der Waals surface area contributed by atoms with E-state index in [1.165, 1.54) is 6.21 Å². The average Bonchev–Trinajstić information content (AvgIpc) is 2.87. The van der Waals surface area contributed by atoms with E-state index in [9.17, 15) is 0 Å². The second kappa shape index (κ2) is 5.31. The van der Waals surface area contributed by atoms with Gasteiger partial charge in [0.1, 0.15) is 18.2 Å². The van der Waals surface area contributed by atoms with Gasteiger partial charge in [-0.1, -0.05) is 18.2 Å². The molecule has 1 N–H and O–H groups in total. The van der Waals surface area contributed by atoms with E-state index in [0.717, 1.165) is 16.5 Å².